The zero-order valence-electron chi connectivity index (χ0n) is 44.9. The van der Waals surface area contributed by atoms with Crippen LogP contribution in [0.4, 0.5) is 0 Å². The van der Waals surface area contributed by atoms with E-state index in [1.165, 1.54) is 63.7 Å². The van der Waals surface area contributed by atoms with Crippen LogP contribution < -0.4 is 10.6 Å². The van der Waals surface area contributed by atoms with Crippen molar-refractivity contribution in [1.29, 1.82) is 0 Å². The van der Waals surface area contributed by atoms with Gasteiger partial charge in [-0.2, -0.15) is 0 Å². The van der Waals surface area contributed by atoms with Gasteiger partial charge in [-0.05, 0) is 162 Å². The number of hydrogen-bond acceptors (Lipinski definition) is 5. The molecule has 2 atom stereocenters. The Kier molecular flexibility index (Phi) is 37.0. The molecule has 4 N–H and O–H groups in total. The van der Waals surface area contributed by atoms with Crippen LogP contribution in [0.3, 0.4) is 0 Å². The Labute approximate surface area is 400 Å². The van der Waals surface area contributed by atoms with Crippen molar-refractivity contribution < 1.29 is 35.9 Å². The first-order valence-corrected chi connectivity index (χ1v) is 29.7. The van der Waals surface area contributed by atoms with Gasteiger partial charge in [-0.25, -0.2) is 0 Å². The molecule has 1 heterocycles. The minimum absolute atomic E-state index is 0. The van der Waals surface area contributed by atoms with Crippen molar-refractivity contribution >= 4 is 31.7 Å². The topological polar surface area (TPSA) is 73.8 Å². The van der Waals surface area contributed by atoms with Crippen molar-refractivity contribution in [2.75, 3.05) is 64.0 Å². The SMILES string of the molecule is C.C1CCOC1.CC(C)(C)P(CCNCCP(C(C)(C)C)C(C)(C)C)C(C)(C)C.CC(C)(C)[PH+](CCNCC[PH+](C(C)(C)C)C(C)(C)C)C(C)(C)C.CC(O)CC(C)O.[2HH].[Rh]. The number of rotatable bonds is 14. The fourth-order valence-corrected chi connectivity index (χ4v) is 25.0. The maximum absolute atomic E-state index is 8.56. The first kappa shape index (κ1) is 71.1. The van der Waals surface area contributed by atoms with Crippen LogP contribution in [0.5, 0.6) is 0 Å². The molecule has 0 aromatic heterocycles. The van der Waals surface area contributed by atoms with Crippen molar-refractivity contribution in [3.05, 3.63) is 0 Å². The van der Waals surface area contributed by atoms with Gasteiger partial charge in [-0.1, -0.05) is 106 Å². The summed E-state index contributed by atoms with van der Waals surface area (Å²) in [5.74, 6) is 0. The molecule has 1 saturated heterocycles. The summed E-state index contributed by atoms with van der Waals surface area (Å²) in [7, 11) is -0.727. The molecule has 0 spiro atoms. The molecule has 1 radical (unpaired) electrons. The van der Waals surface area contributed by atoms with Gasteiger partial charge < -0.3 is 25.6 Å². The van der Waals surface area contributed by atoms with Crippen molar-refractivity contribution in [1.82, 2.24) is 10.6 Å². The predicted octanol–water partition coefficient (Wildman–Crippen LogP) is 14.7. The van der Waals surface area contributed by atoms with Crippen LogP contribution in [0.15, 0.2) is 0 Å². The minimum atomic E-state index is -0.386. The molecule has 1 aliphatic heterocycles. The number of ether oxygens (including phenoxy) is 1. The standard InChI is InChI=1S/2C20H45NP2.C5H12O2.C4H8O.CH4.Rh.H2/c2*1-17(2,3)22(18(4,5)6)15-13-21-14-16-23(19(7,8)9)20(10,11)12;1-4(6)3-5(2)7;1-2-4-5-3-1;;;/h2*21H,13-16H2,1-12H3;4-7H,3H2,1-2H3;1-4H2;1H4;;1H/p+2/i;;;;;;1+1. The van der Waals surface area contributed by atoms with E-state index in [9.17, 15) is 0 Å². The molecule has 5 nitrogen and oxygen atoms in total. The van der Waals surface area contributed by atoms with E-state index in [-0.39, 0.29) is 72.2 Å². The molecule has 0 saturated carbocycles. The molecule has 0 aliphatic carbocycles. The Morgan fingerprint density at radius 1 is 0.483 bits per heavy atom. The third-order valence-electron chi connectivity index (χ3n) is 10.5. The van der Waals surface area contributed by atoms with Gasteiger partial charge in [0.15, 0.2) is 0 Å². The van der Waals surface area contributed by atoms with Crippen molar-refractivity contribution in [3.63, 3.8) is 0 Å². The Balaban J connectivity index is -0.000000187. The summed E-state index contributed by atoms with van der Waals surface area (Å²) in [6.45, 7) is 68.4. The van der Waals surface area contributed by atoms with E-state index >= 15 is 0 Å². The average molecular weight is 1020 g/mol. The van der Waals surface area contributed by atoms with Gasteiger partial charge in [0.2, 0.25) is 0 Å². The van der Waals surface area contributed by atoms with Crippen molar-refractivity contribution in [2.45, 2.75) is 260 Å². The van der Waals surface area contributed by atoms with Crippen LogP contribution in [0, 0.1) is 0 Å². The average Bonchev–Trinajstić information content (AvgIpc) is 3.51. The van der Waals surface area contributed by atoms with E-state index < -0.39 is 0 Å². The largest absolute Gasteiger partial charge is 0.393 e. The van der Waals surface area contributed by atoms with E-state index in [1.54, 1.807) is 13.8 Å². The van der Waals surface area contributed by atoms with E-state index in [0.29, 0.717) is 47.7 Å². The Bertz CT molecular complexity index is 816. The summed E-state index contributed by atoms with van der Waals surface area (Å²) < 4.78 is 4.94. The van der Waals surface area contributed by atoms with Gasteiger partial charge in [0.05, 0.1) is 45.2 Å². The fraction of sp³-hybridized carbons (Fsp3) is 1.00. The summed E-state index contributed by atoms with van der Waals surface area (Å²) in [5.41, 5.74) is 0. The van der Waals surface area contributed by atoms with E-state index in [4.69, 9.17) is 14.9 Å². The third-order valence-corrected chi connectivity index (χ3v) is 27.1. The van der Waals surface area contributed by atoms with E-state index in [1.807, 2.05) is 0 Å². The number of aliphatic hydroxyl groups is 2. The quantitative estimate of drug-likeness (QED) is 0.0793. The maximum atomic E-state index is 8.56. The molecular formula is C50H118N2O3P4Rh+2. The van der Waals surface area contributed by atoms with Crippen LogP contribution in [0.1, 0.15) is 208 Å². The summed E-state index contributed by atoms with van der Waals surface area (Å²) in [4.78, 5) is 0. The van der Waals surface area contributed by atoms with Crippen LogP contribution in [-0.2, 0) is 24.2 Å². The summed E-state index contributed by atoms with van der Waals surface area (Å²) in [5, 5.41) is 28.4. The smallest absolute Gasteiger partial charge is 0.0706 e. The molecule has 10 heteroatoms. The van der Waals surface area contributed by atoms with Crippen molar-refractivity contribution in [3.8, 4) is 0 Å². The van der Waals surface area contributed by atoms with Crippen LogP contribution in [0.2, 0.25) is 0 Å². The molecule has 0 aromatic rings. The fourth-order valence-electron chi connectivity index (χ4n) is 9.17. The second-order valence-electron chi connectivity index (χ2n) is 25.2. The molecule has 60 heavy (non-hydrogen) atoms. The number of hydrogen-bond donors (Lipinski definition) is 4. The second kappa shape index (κ2) is 31.2. The molecule has 0 amide bonds. The van der Waals surface area contributed by atoms with Gasteiger partial charge in [0.25, 0.3) is 0 Å². The summed E-state index contributed by atoms with van der Waals surface area (Å²) >= 11 is 0. The zero-order valence-corrected chi connectivity index (χ0v) is 50.3. The predicted molar refractivity (Wildman–Crippen MR) is 291 cm³/mol. The molecule has 1 aliphatic rings. The monoisotopic (exact) mass is 1020 g/mol. The normalized spacial score (nSPS) is 15.6. The zero-order chi connectivity index (χ0) is 46.8. The van der Waals surface area contributed by atoms with E-state index in [2.05, 4.69) is 177 Å². The van der Waals surface area contributed by atoms with E-state index in [0.717, 1.165) is 13.2 Å². The Hall–Kier alpha value is 2.14. The summed E-state index contributed by atoms with van der Waals surface area (Å²) in [6, 6.07) is 0. The van der Waals surface area contributed by atoms with Crippen LogP contribution in [-0.4, -0.2) is 128 Å². The molecule has 373 valence electrons. The molecule has 2 unspecified atom stereocenters. The molecule has 1 fully saturated rings. The molecule has 1 rings (SSSR count). The number of nitrogens with one attached hydrogen (secondary N) is 2. The van der Waals surface area contributed by atoms with Crippen molar-refractivity contribution in [2.24, 2.45) is 0 Å². The molecular weight excluding hydrogens is 903 g/mol. The Morgan fingerprint density at radius 3 is 0.867 bits per heavy atom. The molecule has 0 bridgehead atoms. The Morgan fingerprint density at radius 2 is 0.717 bits per heavy atom. The van der Waals surface area contributed by atoms with Crippen LogP contribution >= 0.6 is 31.7 Å². The van der Waals surface area contributed by atoms with Gasteiger partial charge >= 0.3 is 0 Å². The summed E-state index contributed by atoms with van der Waals surface area (Å²) in [6.07, 6.45) is 7.71. The first-order valence-electron chi connectivity index (χ1n) is 23.2. The van der Waals surface area contributed by atoms with Crippen LogP contribution in [0.25, 0.3) is 0 Å². The van der Waals surface area contributed by atoms with Gasteiger partial charge in [0, 0.05) is 63.1 Å². The maximum Gasteiger partial charge on any atom is 0.0706 e. The van der Waals surface area contributed by atoms with Gasteiger partial charge in [-0.15, -0.1) is 0 Å². The second-order valence-corrected chi connectivity index (χ2v) is 42.1. The first-order chi connectivity index (χ1) is 25.6. The number of aliphatic hydroxyl groups excluding tert-OH is 2. The van der Waals surface area contributed by atoms with Gasteiger partial charge in [0.1, 0.15) is 0 Å². The minimum Gasteiger partial charge on any atom is -0.393 e. The molecule has 0 aromatic carbocycles. The third kappa shape index (κ3) is 37.3. The van der Waals surface area contributed by atoms with Gasteiger partial charge in [-0.3, -0.25) is 0 Å².